The summed E-state index contributed by atoms with van der Waals surface area (Å²) in [7, 11) is 0. The van der Waals surface area contributed by atoms with Crippen LogP contribution in [-0.4, -0.2) is 35.5 Å². The van der Waals surface area contributed by atoms with Gasteiger partial charge in [-0.25, -0.2) is 9.98 Å². The second-order valence-electron chi connectivity index (χ2n) is 6.09. The summed E-state index contributed by atoms with van der Waals surface area (Å²) in [5.41, 5.74) is 0.952. The molecule has 156 valence electrons. The van der Waals surface area contributed by atoms with E-state index in [4.69, 9.17) is 0 Å². The summed E-state index contributed by atoms with van der Waals surface area (Å²) in [6.45, 7) is -2.95. The van der Waals surface area contributed by atoms with Crippen LogP contribution in [0.5, 0.6) is 5.75 Å². The molecule has 0 saturated heterocycles. The summed E-state index contributed by atoms with van der Waals surface area (Å²) >= 11 is 1.21. The van der Waals surface area contributed by atoms with Crippen LogP contribution >= 0.6 is 11.3 Å². The molecule has 30 heavy (non-hydrogen) atoms. The minimum Gasteiger partial charge on any atom is -0.435 e. The Bertz CT molecular complexity index is 990. The molecule has 0 bridgehead atoms. The Morgan fingerprint density at radius 1 is 1.27 bits per heavy atom. The van der Waals surface area contributed by atoms with E-state index in [9.17, 15) is 23.2 Å². The van der Waals surface area contributed by atoms with Crippen molar-refractivity contribution in [2.45, 2.75) is 19.5 Å². The largest absolute Gasteiger partial charge is 0.435 e. The second kappa shape index (κ2) is 9.83. The molecular formula is C19H16F2N4O4S. The zero-order valence-corrected chi connectivity index (χ0v) is 16.2. The Kier molecular flexibility index (Phi) is 6.96. The van der Waals surface area contributed by atoms with Gasteiger partial charge in [-0.05, 0) is 18.6 Å². The monoisotopic (exact) mass is 434 g/mol. The molecule has 1 aliphatic heterocycles. The van der Waals surface area contributed by atoms with Crippen molar-refractivity contribution >= 4 is 46.1 Å². The van der Waals surface area contributed by atoms with Gasteiger partial charge >= 0.3 is 6.61 Å². The molecule has 1 aromatic heterocycles. The normalized spacial score (nSPS) is 15.3. The van der Waals surface area contributed by atoms with Gasteiger partial charge in [0.15, 0.2) is 5.13 Å². The highest BCUT2D eigenvalue weighted by molar-refractivity contribution is 7.13. The lowest BCUT2D eigenvalue weighted by Gasteiger charge is -2.08. The van der Waals surface area contributed by atoms with E-state index >= 15 is 0 Å². The van der Waals surface area contributed by atoms with E-state index in [1.165, 1.54) is 47.9 Å². The fourth-order valence-corrected chi connectivity index (χ4v) is 3.22. The van der Waals surface area contributed by atoms with Crippen molar-refractivity contribution in [3.8, 4) is 5.75 Å². The molecule has 0 spiro atoms. The molecule has 1 aliphatic rings. The maximum atomic E-state index is 12.3. The van der Waals surface area contributed by atoms with Gasteiger partial charge in [0.2, 0.25) is 11.8 Å². The lowest BCUT2D eigenvalue weighted by atomic mass is 10.1. The molecule has 2 N–H and O–H groups in total. The van der Waals surface area contributed by atoms with Crippen molar-refractivity contribution < 1.29 is 27.9 Å². The molecule has 0 saturated carbocycles. The van der Waals surface area contributed by atoms with Gasteiger partial charge in [0.05, 0.1) is 11.6 Å². The van der Waals surface area contributed by atoms with E-state index < -0.39 is 18.4 Å². The number of ether oxygens (including phenoxy) is 1. The first-order chi connectivity index (χ1) is 14.4. The maximum absolute atomic E-state index is 12.3. The van der Waals surface area contributed by atoms with Crippen molar-refractivity contribution in [2.24, 2.45) is 10.9 Å². The van der Waals surface area contributed by atoms with Gasteiger partial charge in [-0.1, -0.05) is 12.1 Å². The molecular weight excluding hydrogens is 418 g/mol. The maximum Gasteiger partial charge on any atom is 0.387 e. The highest BCUT2D eigenvalue weighted by Crippen LogP contribution is 2.21. The Labute approximate surface area is 173 Å². The molecule has 8 nitrogen and oxygen atoms in total. The second-order valence-corrected chi connectivity index (χ2v) is 6.95. The van der Waals surface area contributed by atoms with E-state index in [1.54, 1.807) is 11.4 Å². The predicted octanol–water partition coefficient (Wildman–Crippen LogP) is 3.04. The standard InChI is InChI=1S/C19H16F2N4O4S/c20-18(21)29-14-3-1-2-12(8-14)23-16(27)7-5-13-10-30-19(24-13)25-17(28)11-4-6-15(26)22-9-11/h1-4,6,8-11,18H,5,7H2,(H,23,27)(H,24,25,28). The van der Waals surface area contributed by atoms with Crippen LogP contribution in [0.15, 0.2) is 46.8 Å². The third-order valence-corrected chi connectivity index (χ3v) is 4.65. The van der Waals surface area contributed by atoms with Crippen molar-refractivity contribution in [3.05, 3.63) is 47.5 Å². The lowest BCUT2D eigenvalue weighted by molar-refractivity contribution is -0.117. The molecule has 0 fully saturated rings. The van der Waals surface area contributed by atoms with Crippen LogP contribution in [0.25, 0.3) is 0 Å². The molecule has 1 unspecified atom stereocenters. The fourth-order valence-electron chi connectivity index (χ4n) is 2.47. The van der Waals surface area contributed by atoms with Crippen LogP contribution in [0, 0.1) is 5.92 Å². The summed E-state index contributed by atoms with van der Waals surface area (Å²) in [6.07, 6.45) is 4.37. The van der Waals surface area contributed by atoms with Gasteiger partial charge in [-0.3, -0.25) is 14.4 Å². The van der Waals surface area contributed by atoms with E-state index in [0.717, 1.165) is 0 Å². The van der Waals surface area contributed by atoms with Crippen LogP contribution in [0.2, 0.25) is 0 Å². The molecule has 1 atom stereocenters. The minimum atomic E-state index is -2.95. The Morgan fingerprint density at radius 3 is 2.83 bits per heavy atom. The van der Waals surface area contributed by atoms with Crippen LogP contribution < -0.4 is 15.4 Å². The number of carbonyl (C=O) groups is 3. The molecule has 0 aliphatic carbocycles. The fraction of sp³-hybridized carbons (Fsp3) is 0.211. The number of hydrogen-bond donors (Lipinski definition) is 2. The summed E-state index contributed by atoms with van der Waals surface area (Å²) < 4.78 is 28.8. The average molecular weight is 434 g/mol. The number of hydrogen-bond acceptors (Lipinski definition) is 6. The molecule has 11 heteroatoms. The molecule has 3 amide bonds. The van der Waals surface area contributed by atoms with E-state index in [2.05, 4.69) is 25.3 Å². The number of halogens is 2. The third-order valence-electron chi connectivity index (χ3n) is 3.84. The van der Waals surface area contributed by atoms with Crippen LogP contribution in [0.3, 0.4) is 0 Å². The number of alkyl halides is 2. The average Bonchev–Trinajstić information content (AvgIpc) is 3.14. The number of aliphatic imine (C=N–C) groups is 1. The third kappa shape index (κ3) is 6.27. The number of amides is 3. The molecule has 2 aromatic rings. The number of anilines is 2. The summed E-state index contributed by atoms with van der Waals surface area (Å²) in [4.78, 5) is 43.0. The number of carbonyl (C=O) groups excluding carboxylic acids is 3. The first-order valence-corrected chi connectivity index (χ1v) is 9.63. The number of thiazole rings is 1. The van der Waals surface area contributed by atoms with E-state index in [-0.39, 0.29) is 24.0 Å². The Hall–Kier alpha value is -3.47. The smallest absolute Gasteiger partial charge is 0.387 e. The zero-order valence-electron chi connectivity index (χ0n) is 15.4. The number of dihydropyridines is 1. The number of aryl methyl sites for hydroxylation is 1. The SMILES string of the molecule is O=C1C=CC(C(=O)Nc2nc(CCC(=O)Nc3cccc(OC(F)F)c3)cs2)C=N1. The van der Waals surface area contributed by atoms with Gasteiger partial charge in [0, 0.05) is 35.8 Å². The first-order valence-electron chi connectivity index (χ1n) is 8.75. The summed E-state index contributed by atoms with van der Waals surface area (Å²) in [6, 6.07) is 5.71. The minimum absolute atomic E-state index is 0.0510. The topological polar surface area (TPSA) is 110 Å². The number of nitrogens with one attached hydrogen (secondary N) is 2. The van der Waals surface area contributed by atoms with E-state index in [0.29, 0.717) is 22.9 Å². The molecule has 3 rings (SSSR count). The van der Waals surface area contributed by atoms with Crippen LogP contribution in [-0.2, 0) is 20.8 Å². The summed E-state index contributed by atoms with van der Waals surface area (Å²) in [5, 5.41) is 7.32. The Balaban J connectivity index is 1.47. The van der Waals surface area contributed by atoms with E-state index in [1.807, 2.05) is 0 Å². The van der Waals surface area contributed by atoms with Gasteiger partial charge in [0.1, 0.15) is 5.75 Å². The number of nitrogens with zero attached hydrogens (tertiary/aromatic N) is 2. The van der Waals surface area contributed by atoms with Crippen LogP contribution in [0.4, 0.5) is 19.6 Å². The Morgan fingerprint density at radius 2 is 2.10 bits per heavy atom. The molecule has 0 radical (unpaired) electrons. The van der Waals surface area contributed by atoms with Crippen molar-refractivity contribution in [3.63, 3.8) is 0 Å². The van der Waals surface area contributed by atoms with Gasteiger partial charge in [0.25, 0.3) is 5.91 Å². The van der Waals surface area contributed by atoms with Crippen molar-refractivity contribution in [2.75, 3.05) is 10.6 Å². The van der Waals surface area contributed by atoms with Gasteiger partial charge in [-0.2, -0.15) is 8.78 Å². The van der Waals surface area contributed by atoms with Crippen molar-refractivity contribution in [1.82, 2.24) is 4.98 Å². The highest BCUT2D eigenvalue weighted by atomic mass is 32.1. The van der Waals surface area contributed by atoms with Gasteiger partial charge < -0.3 is 15.4 Å². The van der Waals surface area contributed by atoms with Crippen LogP contribution in [0.1, 0.15) is 12.1 Å². The highest BCUT2D eigenvalue weighted by Gasteiger charge is 2.18. The molecule has 1 aromatic carbocycles. The number of benzene rings is 1. The number of rotatable bonds is 8. The number of aromatic nitrogens is 1. The van der Waals surface area contributed by atoms with Gasteiger partial charge in [-0.15, -0.1) is 11.3 Å². The quantitative estimate of drug-likeness (QED) is 0.664. The lowest BCUT2D eigenvalue weighted by Crippen LogP contribution is -2.24. The first kappa shape index (κ1) is 21.2. The summed E-state index contributed by atoms with van der Waals surface area (Å²) in [5.74, 6) is -1.80. The predicted molar refractivity (Wildman–Crippen MR) is 107 cm³/mol. The van der Waals surface area contributed by atoms with Crippen molar-refractivity contribution in [1.29, 1.82) is 0 Å². The molecule has 2 heterocycles. The zero-order chi connectivity index (χ0) is 21.5.